The molecule has 1 saturated heterocycles. The number of anilines is 1. The largest absolute Gasteiger partial charge is 0.423 e. The first-order valence-electron chi connectivity index (χ1n) is 8.65. The summed E-state index contributed by atoms with van der Waals surface area (Å²) in [7, 11) is 0. The molecule has 0 radical (unpaired) electrons. The van der Waals surface area contributed by atoms with Crippen LogP contribution in [0.4, 0.5) is 6.01 Å². The van der Waals surface area contributed by atoms with E-state index in [0.717, 1.165) is 35.5 Å². The number of amides is 1. The van der Waals surface area contributed by atoms with Gasteiger partial charge in [-0.1, -0.05) is 12.1 Å². The zero-order chi connectivity index (χ0) is 17.9. The number of oxazole rings is 1. The SMILES string of the molecule is CSc1ncccc1C(=O)NC[C@@H]1CCCN1c1nc2ccccc2o1. The number of rotatable bonds is 5. The lowest BCUT2D eigenvalue weighted by Gasteiger charge is -2.23. The molecule has 1 aliphatic heterocycles. The van der Waals surface area contributed by atoms with Crippen LogP contribution in [0.3, 0.4) is 0 Å². The molecule has 0 saturated carbocycles. The topological polar surface area (TPSA) is 71.3 Å². The van der Waals surface area contributed by atoms with Crippen LogP contribution in [0.25, 0.3) is 11.1 Å². The minimum Gasteiger partial charge on any atom is -0.423 e. The third kappa shape index (κ3) is 3.26. The molecule has 4 rings (SSSR count). The lowest BCUT2D eigenvalue weighted by atomic mass is 10.2. The Labute approximate surface area is 156 Å². The van der Waals surface area contributed by atoms with Gasteiger partial charge in [-0.05, 0) is 43.4 Å². The number of carbonyl (C=O) groups excluding carboxylic acids is 1. The van der Waals surface area contributed by atoms with Gasteiger partial charge in [-0.15, -0.1) is 11.8 Å². The van der Waals surface area contributed by atoms with Crippen LogP contribution in [-0.4, -0.2) is 41.3 Å². The Kier molecular flexibility index (Phi) is 4.79. The number of aromatic nitrogens is 2. The fourth-order valence-corrected chi connectivity index (χ4v) is 3.86. The number of hydrogen-bond donors (Lipinski definition) is 1. The molecule has 2 aromatic heterocycles. The summed E-state index contributed by atoms with van der Waals surface area (Å²) in [5.41, 5.74) is 2.26. The summed E-state index contributed by atoms with van der Waals surface area (Å²) in [4.78, 5) is 23.5. The van der Waals surface area contributed by atoms with Gasteiger partial charge in [0.05, 0.1) is 11.6 Å². The van der Waals surface area contributed by atoms with E-state index in [1.807, 2.05) is 30.5 Å². The molecule has 1 amide bonds. The molecule has 0 bridgehead atoms. The molecule has 1 N–H and O–H groups in total. The van der Waals surface area contributed by atoms with Crippen LogP contribution in [0.1, 0.15) is 23.2 Å². The number of thioether (sulfide) groups is 1. The van der Waals surface area contributed by atoms with Crippen molar-refractivity contribution >= 4 is 34.8 Å². The molecule has 1 aliphatic rings. The van der Waals surface area contributed by atoms with Gasteiger partial charge in [0.15, 0.2) is 5.58 Å². The van der Waals surface area contributed by atoms with Crippen LogP contribution in [0.2, 0.25) is 0 Å². The van der Waals surface area contributed by atoms with Crippen molar-refractivity contribution < 1.29 is 9.21 Å². The monoisotopic (exact) mass is 368 g/mol. The van der Waals surface area contributed by atoms with Crippen molar-refractivity contribution in [2.24, 2.45) is 0 Å². The number of carbonyl (C=O) groups is 1. The van der Waals surface area contributed by atoms with E-state index >= 15 is 0 Å². The molecule has 3 heterocycles. The van der Waals surface area contributed by atoms with Crippen LogP contribution >= 0.6 is 11.8 Å². The van der Waals surface area contributed by atoms with Crippen molar-refractivity contribution in [2.45, 2.75) is 23.9 Å². The van der Waals surface area contributed by atoms with E-state index in [1.165, 1.54) is 11.8 Å². The molecule has 26 heavy (non-hydrogen) atoms. The molecular weight excluding hydrogens is 348 g/mol. The Morgan fingerprint density at radius 1 is 1.35 bits per heavy atom. The van der Waals surface area contributed by atoms with Gasteiger partial charge >= 0.3 is 0 Å². The zero-order valence-corrected chi connectivity index (χ0v) is 15.3. The molecule has 6 nitrogen and oxygen atoms in total. The third-order valence-electron chi connectivity index (χ3n) is 4.61. The van der Waals surface area contributed by atoms with E-state index in [0.29, 0.717) is 18.1 Å². The Hall–Kier alpha value is -2.54. The lowest BCUT2D eigenvalue weighted by Crippen LogP contribution is -2.40. The normalized spacial score (nSPS) is 17.0. The predicted octanol–water partition coefficient (Wildman–Crippen LogP) is 3.34. The molecular formula is C19H20N4O2S. The average molecular weight is 368 g/mol. The van der Waals surface area contributed by atoms with Crippen LogP contribution in [0.15, 0.2) is 52.0 Å². The lowest BCUT2D eigenvalue weighted by molar-refractivity contribution is 0.0947. The zero-order valence-electron chi connectivity index (χ0n) is 14.5. The number of benzene rings is 1. The van der Waals surface area contributed by atoms with E-state index in [2.05, 4.69) is 20.2 Å². The first kappa shape index (κ1) is 16.9. The Bertz CT molecular complexity index is 894. The molecule has 0 spiro atoms. The number of fused-ring (bicyclic) bond motifs is 1. The van der Waals surface area contributed by atoms with Gasteiger partial charge in [0.2, 0.25) is 0 Å². The first-order valence-corrected chi connectivity index (χ1v) is 9.88. The summed E-state index contributed by atoms with van der Waals surface area (Å²) < 4.78 is 5.90. The van der Waals surface area contributed by atoms with Gasteiger partial charge in [-0.2, -0.15) is 4.98 Å². The van der Waals surface area contributed by atoms with E-state index in [1.54, 1.807) is 18.3 Å². The van der Waals surface area contributed by atoms with E-state index in [9.17, 15) is 4.79 Å². The number of hydrogen-bond acceptors (Lipinski definition) is 6. The smallest absolute Gasteiger partial charge is 0.298 e. The summed E-state index contributed by atoms with van der Waals surface area (Å²) in [5, 5.41) is 3.79. The van der Waals surface area contributed by atoms with Crippen LogP contribution in [-0.2, 0) is 0 Å². The minimum atomic E-state index is -0.0909. The van der Waals surface area contributed by atoms with E-state index < -0.39 is 0 Å². The fraction of sp³-hybridized carbons (Fsp3) is 0.316. The van der Waals surface area contributed by atoms with Gasteiger partial charge in [0, 0.05) is 19.3 Å². The second-order valence-electron chi connectivity index (χ2n) is 6.22. The highest BCUT2D eigenvalue weighted by molar-refractivity contribution is 7.98. The maximum atomic E-state index is 12.5. The van der Waals surface area contributed by atoms with Gasteiger partial charge in [-0.25, -0.2) is 4.98 Å². The van der Waals surface area contributed by atoms with Gasteiger partial charge in [-0.3, -0.25) is 4.79 Å². The standard InChI is InChI=1S/C19H20N4O2S/c1-26-18-14(7-4-10-20-18)17(24)21-12-13-6-5-11-23(13)19-22-15-8-2-3-9-16(15)25-19/h2-4,7-10,13H,5-6,11-12H2,1H3,(H,21,24)/t13-/m0/s1. The highest BCUT2D eigenvalue weighted by atomic mass is 32.2. The summed E-state index contributed by atoms with van der Waals surface area (Å²) in [6, 6.07) is 12.2. The molecule has 0 aliphatic carbocycles. The Balaban J connectivity index is 1.46. The number of para-hydroxylation sites is 2. The summed E-state index contributed by atoms with van der Waals surface area (Å²) in [6.45, 7) is 1.44. The van der Waals surface area contributed by atoms with E-state index in [4.69, 9.17) is 4.42 Å². The second kappa shape index (κ2) is 7.37. The van der Waals surface area contributed by atoms with Crippen LogP contribution in [0, 0.1) is 0 Å². The molecule has 1 aromatic carbocycles. The number of pyridine rings is 1. The summed E-state index contributed by atoms with van der Waals surface area (Å²) in [6.07, 6.45) is 5.68. The molecule has 1 fully saturated rings. The average Bonchev–Trinajstić information content (AvgIpc) is 3.32. The summed E-state index contributed by atoms with van der Waals surface area (Å²) in [5.74, 6) is -0.0909. The van der Waals surface area contributed by atoms with Crippen LogP contribution in [0.5, 0.6) is 0 Å². The second-order valence-corrected chi connectivity index (χ2v) is 7.02. The summed E-state index contributed by atoms with van der Waals surface area (Å²) >= 11 is 1.47. The third-order valence-corrected chi connectivity index (χ3v) is 5.32. The number of nitrogens with zero attached hydrogens (tertiary/aromatic N) is 3. The van der Waals surface area contributed by atoms with Gasteiger partial charge < -0.3 is 14.6 Å². The molecule has 134 valence electrons. The minimum absolute atomic E-state index is 0.0909. The maximum absolute atomic E-state index is 12.5. The Morgan fingerprint density at radius 2 is 2.23 bits per heavy atom. The molecule has 1 atom stereocenters. The molecule has 0 unspecified atom stereocenters. The number of nitrogens with one attached hydrogen (secondary N) is 1. The van der Waals surface area contributed by atoms with E-state index in [-0.39, 0.29) is 11.9 Å². The Morgan fingerprint density at radius 3 is 3.08 bits per heavy atom. The maximum Gasteiger partial charge on any atom is 0.298 e. The van der Waals surface area contributed by atoms with Crippen molar-refractivity contribution in [1.29, 1.82) is 0 Å². The highest BCUT2D eigenvalue weighted by Crippen LogP contribution is 2.28. The molecule has 3 aromatic rings. The quantitative estimate of drug-likeness (QED) is 0.697. The van der Waals surface area contributed by atoms with Gasteiger partial charge in [0.1, 0.15) is 10.5 Å². The van der Waals surface area contributed by atoms with Crippen molar-refractivity contribution in [3.8, 4) is 0 Å². The van der Waals surface area contributed by atoms with Crippen molar-refractivity contribution in [1.82, 2.24) is 15.3 Å². The first-order chi connectivity index (χ1) is 12.8. The van der Waals surface area contributed by atoms with Crippen molar-refractivity contribution in [3.63, 3.8) is 0 Å². The van der Waals surface area contributed by atoms with Crippen LogP contribution < -0.4 is 10.2 Å². The van der Waals surface area contributed by atoms with Gasteiger partial charge in [0.25, 0.3) is 11.9 Å². The van der Waals surface area contributed by atoms with Crippen molar-refractivity contribution in [2.75, 3.05) is 24.2 Å². The fourth-order valence-electron chi connectivity index (χ4n) is 3.31. The highest BCUT2D eigenvalue weighted by Gasteiger charge is 2.29. The van der Waals surface area contributed by atoms with Crippen molar-refractivity contribution in [3.05, 3.63) is 48.2 Å². The molecule has 7 heteroatoms. The predicted molar refractivity (Wildman–Crippen MR) is 103 cm³/mol.